The molecule has 230 valence electrons. The van der Waals surface area contributed by atoms with E-state index in [4.69, 9.17) is 14.2 Å². The van der Waals surface area contributed by atoms with Crippen molar-refractivity contribution in [1.29, 1.82) is 0 Å². The second-order valence-corrected chi connectivity index (χ2v) is 15.0. The number of nitrogens with zero attached hydrogens (tertiary/aromatic N) is 2. The molecule has 3 aliphatic rings. The number of likely N-dealkylation sites (N-methyl/N-ethyl adjacent to an activating group) is 1. The van der Waals surface area contributed by atoms with Crippen molar-refractivity contribution in [3.05, 3.63) is 93.0 Å². The van der Waals surface area contributed by atoms with Gasteiger partial charge in [0.15, 0.2) is 17.2 Å². The second-order valence-electron chi connectivity index (χ2n) is 15.0. The van der Waals surface area contributed by atoms with Crippen LogP contribution < -0.4 is 9.80 Å². The van der Waals surface area contributed by atoms with E-state index in [1.807, 2.05) is 0 Å². The highest BCUT2D eigenvalue weighted by Crippen LogP contribution is 2.49. The Kier molecular flexibility index (Phi) is 6.72. The van der Waals surface area contributed by atoms with Gasteiger partial charge in [0.05, 0.1) is 19.8 Å². The molecule has 3 aromatic rings. The predicted molar refractivity (Wildman–Crippen MR) is 176 cm³/mol. The molecule has 0 spiro atoms. The van der Waals surface area contributed by atoms with E-state index in [2.05, 4.69) is 142 Å². The lowest BCUT2D eigenvalue weighted by Gasteiger charge is -2.36. The summed E-state index contributed by atoms with van der Waals surface area (Å²) in [5.41, 5.74) is 11.8. The number of epoxide rings is 3. The molecule has 3 saturated heterocycles. The molecule has 3 atom stereocenters. The predicted octanol–water partition coefficient (Wildman–Crippen LogP) is 8.05. The third-order valence-electron chi connectivity index (χ3n) is 10.7. The summed E-state index contributed by atoms with van der Waals surface area (Å²) in [7, 11) is 2.14. The van der Waals surface area contributed by atoms with Crippen LogP contribution >= 0.6 is 0 Å². The van der Waals surface area contributed by atoms with E-state index < -0.39 is 0 Å². The lowest BCUT2D eigenvalue weighted by molar-refractivity contribution is 0.230. The topological polar surface area (TPSA) is 44.1 Å². The lowest BCUT2D eigenvalue weighted by atomic mass is 9.73. The minimum atomic E-state index is -0.294. The van der Waals surface area contributed by atoms with Gasteiger partial charge in [-0.05, 0) is 93.0 Å². The van der Waals surface area contributed by atoms with Crippen LogP contribution in [0.3, 0.4) is 0 Å². The fraction of sp³-hybridized carbons (Fsp3) is 0.526. The molecule has 0 aliphatic carbocycles. The smallest absolute Gasteiger partial charge is 0.164 e. The van der Waals surface area contributed by atoms with Crippen LogP contribution in [0.25, 0.3) is 0 Å². The zero-order valence-electron chi connectivity index (χ0n) is 28.4. The average molecular weight is 583 g/mol. The highest BCUT2D eigenvalue weighted by molar-refractivity contribution is 5.66. The zero-order valence-corrected chi connectivity index (χ0v) is 28.4. The maximum atomic E-state index is 5.91. The van der Waals surface area contributed by atoms with Crippen molar-refractivity contribution in [3.63, 3.8) is 0 Å². The summed E-state index contributed by atoms with van der Waals surface area (Å²) in [6.07, 6.45) is 0. The van der Waals surface area contributed by atoms with Gasteiger partial charge >= 0.3 is 0 Å². The minimum Gasteiger partial charge on any atom is -0.348 e. The number of hydrogen-bond donors (Lipinski definition) is 0. The summed E-state index contributed by atoms with van der Waals surface area (Å²) in [6, 6.07) is 18.8. The Labute approximate surface area is 259 Å². The molecule has 0 N–H and O–H groups in total. The van der Waals surface area contributed by atoms with Crippen molar-refractivity contribution >= 4 is 11.4 Å². The molecule has 0 bridgehead atoms. The maximum Gasteiger partial charge on any atom is 0.164 e. The van der Waals surface area contributed by atoms with Crippen LogP contribution in [-0.4, -0.2) is 44.0 Å². The Bertz CT molecular complexity index is 1510. The van der Waals surface area contributed by atoms with Crippen LogP contribution in [0.2, 0.25) is 0 Å². The monoisotopic (exact) mass is 582 g/mol. The highest BCUT2D eigenvalue weighted by Gasteiger charge is 2.59. The van der Waals surface area contributed by atoms with E-state index in [0.29, 0.717) is 0 Å². The van der Waals surface area contributed by atoms with Gasteiger partial charge in [-0.25, -0.2) is 0 Å². The van der Waals surface area contributed by atoms with Gasteiger partial charge in [-0.1, -0.05) is 76.2 Å². The first kappa shape index (κ1) is 30.2. The van der Waals surface area contributed by atoms with Crippen molar-refractivity contribution in [2.24, 2.45) is 0 Å². The number of hydrogen-bond acceptors (Lipinski definition) is 5. The molecule has 3 aliphatic heterocycles. The highest BCUT2D eigenvalue weighted by atomic mass is 16.7. The number of rotatable bonds is 9. The van der Waals surface area contributed by atoms with Crippen molar-refractivity contribution in [1.82, 2.24) is 0 Å². The molecular formula is C38H50N2O3. The largest absolute Gasteiger partial charge is 0.348 e. The molecular weight excluding hydrogens is 532 g/mol. The number of aryl methyl sites for hydroxylation is 4. The van der Waals surface area contributed by atoms with Gasteiger partial charge < -0.3 is 24.0 Å². The van der Waals surface area contributed by atoms with E-state index in [0.717, 1.165) is 19.8 Å². The lowest BCUT2D eigenvalue weighted by Crippen LogP contribution is -2.46. The molecule has 5 nitrogen and oxygen atoms in total. The van der Waals surface area contributed by atoms with Crippen LogP contribution in [0.4, 0.5) is 11.4 Å². The third-order valence-corrected chi connectivity index (χ3v) is 10.7. The van der Waals surface area contributed by atoms with Gasteiger partial charge in [-0.2, -0.15) is 0 Å². The number of anilines is 2. The van der Waals surface area contributed by atoms with Crippen molar-refractivity contribution in [3.8, 4) is 0 Å². The molecule has 0 amide bonds. The second kappa shape index (κ2) is 9.57. The van der Waals surface area contributed by atoms with Gasteiger partial charge in [0.1, 0.15) is 0 Å². The number of ether oxygens (including phenoxy) is 3. The van der Waals surface area contributed by atoms with Crippen LogP contribution in [-0.2, 0) is 25.0 Å². The third kappa shape index (κ3) is 4.98. The van der Waals surface area contributed by atoms with E-state index in [1.54, 1.807) is 0 Å². The summed E-state index contributed by atoms with van der Waals surface area (Å²) < 4.78 is 17.6. The molecule has 6 rings (SSSR count). The summed E-state index contributed by atoms with van der Waals surface area (Å²) in [4.78, 5) is 4.66. The Morgan fingerprint density at radius 3 is 1.14 bits per heavy atom. The summed E-state index contributed by atoms with van der Waals surface area (Å²) in [5, 5.41) is 0. The summed E-state index contributed by atoms with van der Waals surface area (Å²) >= 11 is 0. The Morgan fingerprint density at radius 1 is 0.535 bits per heavy atom. The Balaban J connectivity index is 1.28. The molecule has 43 heavy (non-hydrogen) atoms. The molecule has 3 unspecified atom stereocenters. The van der Waals surface area contributed by atoms with Crippen molar-refractivity contribution < 1.29 is 14.2 Å². The first-order valence-corrected chi connectivity index (χ1v) is 15.7. The van der Waals surface area contributed by atoms with E-state index in [9.17, 15) is 0 Å². The van der Waals surface area contributed by atoms with Crippen molar-refractivity contribution in [2.45, 2.75) is 104 Å². The first-order valence-electron chi connectivity index (χ1n) is 15.7. The standard InChI is InChI=1S/C38H50N2O3/c1-24-17-30(18-25(2)32(24)39(12)36(9)21-41-36)34(5,6)28-13-15-29(16-14-28)35(7,8)31-19-26(3)33(27(4)20-31)40(37(10)22-42-37)38(11)23-43-38/h13-20H,21-23H2,1-12H3. The van der Waals surface area contributed by atoms with E-state index in [-0.39, 0.29) is 28.0 Å². The van der Waals surface area contributed by atoms with Gasteiger partial charge in [0.2, 0.25) is 0 Å². The van der Waals surface area contributed by atoms with Gasteiger partial charge in [0, 0.05) is 29.3 Å². The average Bonchev–Trinajstić information content (AvgIpc) is 3.88. The Morgan fingerprint density at radius 2 is 0.837 bits per heavy atom. The van der Waals surface area contributed by atoms with E-state index in [1.165, 1.54) is 55.9 Å². The van der Waals surface area contributed by atoms with E-state index >= 15 is 0 Å². The summed E-state index contributed by atoms with van der Waals surface area (Å²) in [5.74, 6) is 0. The van der Waals surface area contributed by atoms with Crippen LogP contribution in [0.5, 0.6) is 0 Å². The summed E-state index contributed by atoms with van der Waals surface area (Å²) in [6.45, 7) is 27.0. The first-order chi connectivity index (χ1) is 19.9. The van der Waals surface area contributed by atoms with Crippen molar-refractivity contribution in [2.75, 3.05) is 36.7 Å². The maximum absolute atomic E-state index is 5.91. The van der Waals surface area contributed by atoms with Crippen LogP contribution in [0, 0.1) is 27.7 Å². The quantitative estimate of drug-likeness (QED) is 0.239. The number of benzene rings is 3. The minimum absolute atomic E-state index is 0.129. The fourth-order valence-corrected chi connectivity index (χ4v) is 7.13. The normalized spacial score (nSPS) is 26.3. The van der Waals surface area contributed by atoms with Gasteiger partial charge in [0.25, 0.3) is 0 Å². The molecule has 0 radical (unpaired) electrons. The van der Waals surface area contributed by atoms with Crippen LogP contribution in [0.1, 0.15) is 93.0 Å². The SMILES string of the molecule is Cc1cc(C(C)(C)c2ccc(C(C)(C)c3cc(C)c(N(C4(C)CO4)C4(C)CO4)c(C)c3)cc2)cc(C)c1N(C)C1(C)CO1. The molecule has 3 fully saturated rings. The van der Waals surface area contributed by atoms with Gasteiger partial charge in [-0.15, -0.1) is 0 Å². The molecule has 3 aromatic carbocycles. The molecule has 0 saturated carbocycles. The molecule has 5 heteroatoms. The zero-order chi connectivity index (χ0) is 31.3. The van der Waals surface area contributed by atoms with Gasteiger partial charge in [-0.3, -0.25) is 0 Å². The fourth-order valence-electron chi connectivity index (χ4n) is 7.13. The van der Waals surface area contributed by atoms with Crippen LogP contribution in [0.15, 0.2) is 48.5 Å². The molecule has 0 aromatic heterocycles. The Hall–Kier alpha value is -2.86. The molecule has 3 heterocycles.